The van der Waals surface area contributed by atoms with Gasteiger partial charge in [-0.3, -0.25) is 4.90 Å². The minimum Gasteiger partial charge on any atom is -0.493 e. The van der Waals surface area contributed by atoms with E-state index < -0.39 is 7.14 Å². The fraction of sp³-hybridized carbons (Fsp3) is 0.419. The van der Waals surface area contributed by atoms with E-state index in [1.807, 2.05) is 36.4 Å². The van der Waals surface area contributed by atoms with Gasteiger partial charge in [-0.25, -0.2) is 4.98 Å². The monoisotopic (exact) mass is 594 g/mol. The molecule has 0 unspecified atom stereocenters. The van der Waals surface area contributed by atoms with E-state index in [9.17, 15) is 4.57 Å². The maximum atomic E-state index is 12.8. The molecule has 2 aromatic carbocycles. The van der Waals surface area contributed by atoms with Crippen LogP contribution < -0.4 is 26.0 Å². The molecule has 0 radical (unpaired) electrons. The van der Waals surface area contributed by atoms with Crippen LogP contribution in [0.2, 0.25) is 5.02 Å². The first-order chi connectivity index (χ1) is 19.8. The summed E-state index contributed by atoms with van der Waals surface area (Å²) in [5.41, 5.74) is 2.58. The first-order valence-electron chi connectivity index (χ1n) is 14.4. The molecule has 1 atom stereocenters. The Bertz CT molecular complexity index is 1420. The van der Waals surface area contributed by atoms with Crippen molar-refractivity contribution in [3.63, 3.8) is 0 Å². The Kier molecular flexibility index (Phi) is 9.66. The van der Waals surface area contributed by atoms with Crippen molar-refractivity contribution < 1.29 is 9.30 Å². The SMILES string of the molecule is C[C@@H]1COc2cc(Nc3ncc(Cl)c(Nc4ccccc4P(C)(C)=O)n3)ccc2/C=C\CCN(C2CCNCC2)C1. The summed E-state index contributed by atoms with van der Waals surface area (Å²) < 4.78 is 19.2. The predicted molar refractivity (Wildman–Crippen MR) is 171 cm³/mol. The van der Waals surface area contributed by atoms with E-state index in [0.717, 1.165) is 54.9 Å². The second kappa shape index (κ2) is 13.4. The molecule has 0 aliphatic carbocycles. The molecule has 0 spiro atoms. The number of halogens is 1. The fourth-order valence-electron chi connectivity index (χ4n) is 5.43. The molecule has 1 saturated heterocycles. The van der Waals surface area contributed by atoms with E-state index in [1.165, 1.54) is 12.8 Å². The van der Waals surface area contributed by atoms with Gasteiger partial charge >= 0.3 is 0 Å². The summed E-state index contributed by atoms with van der Waals surface area (Å²) >= 11 is 6.44. The topological polar surface area (TPSA) is 91.4 Å². The van der Waals surface area contributed by atoms with Gasteiger partial charge in [-0.15, -0.1) is 0 Å². The van der Waals surface area contributed by atoms with Crippen LogP contribution in [0.1, 0.15) is 31.7 Å². The van der Waals surface area contributed by atoms with Gasteiger partial charge in [0.1, 0.15) is 17.9 Å². The van der Waals surface area contributed by atoms with E-state index >= 15 is 0 Å². The number of hydrogen-bond acceptors (Lipinski definition) is 8. The van der Waals surface area contributed by atoms with Crippen LogP contribution in [0.25, 0.3) is 6.08 Å². The van der Waals surface area contributed by atoms with Crippen LogP contribution in [0.5, 0.6) is 5.75 Å². The molecule has 10 heteroatoms. The average Bonchev–Trinajstić information content (AvgIpc) is 2.99. The van der Waals surface area contributed by atoms with Gasteiger partial charge in [0.15, 0.2) is 5.82 Å². The molecule has 8 nitrogen and oxygen atoms in total. The Labute approximate surface area is 248 Å². The van der Waals surface area contributed by atoms with Crippen molar-refractivity contribution in [1.29, 1.82) is 0 Å². The van der Waals surface area contributed by atoms with Crippen molar-refractivity contribution in [1.82, 2.24) is 20.2 Å². The van der Waals surface area contributed by atoms with Gasteiger partial charge in [0.05, 0.1) is 18.5 Å². The molecule has 41 heavy (non-hydrogen) atoms. The first kappa shape index (κ1) is 29.6. The van der Waals surface area contributed by atoms with Gasteiger partial charge < -0.3 is 25.3 Å². The molecular weight excluding hydrogens is 555 g/mol. The molecule has 0 amide bonds. The third kappa shape index (κ3) is 7.89. The highest BCUT2D eigenvalue weighted by molar-refractivity contribution is 7.70. The summed E-state index contributed by atoms with van der Waals surface area (Å²) in [6, 6.07) is 14.2. The second-order valence-corrected chi connectivity index (χ2v) is 14.9. The number of ether oxygens (including phenoxy) is 1. The minimum atomic E-state index is -2.51. The van der Waals surface area contributed by atoms with Gasteiger partial charge in [-0.05, 0) is 69.9 Å². The number of fused-ring (bicyclic) bond motifs is 1. The number of aromatic nitrogens is 2. The number of benzene rings is 2. The van der Waals surface area contributed by atoms with Crippen molar-refractivity contribution >= 4 is 53.3 Å². The van der Waals surface area contributed by atoms with Gasteiger partial charge in [0.25, 0.3) is 0 Å². The van der Waals surface area contributed by atoms with E-state index in [-0.39, 0.29) is 0 Å². The highest BCUT2D eigenvalue weighted by Crippen LogP contribution is 2.38. The Hall–Kier alpha value is -2.90. The van der Waals surface area contributed by atoms with Crippen molar-refractivity contribution in [2.45, 2.75) is 32.2 Å². The standard InChI is InChI=1S/C31H40ClN6O2P/c1-22-20-38(25-13-15-33-16-14-25)17-7-6-8-23-11-12-24(18-28(23)40-21-22)35-31-34-19-26(32)30(37-31)36-27-9-4-5-10-29(27)41(2,3)39/h4-6,8-12,18-19,22,25,33H,7,13-17,20-21H2,1-3H3,(H2,34,35,36,37)/b8-6-/t22-/m0/s1. The van der Waals surface area contributed by atoms with Crippen LogP contribution in [-0.2, 0) is 4.57 Å². The zero-order valence-corrected chi connectivity index (χ0v) is 25.7. The van der Waals surface area contributed by atoms with Crippen molar-refractivity contribution in [2.75, 3.05) is 56.7 Å². The Morgan fingerprint density at radius 1 is 1.12 bits per heavy atom. The number of rotatable bonds is 6. The molecule has 3 aromatic rings. The summed E-state index contributed by atoms with van der Waals surface area (Å²) in [5, 5.41) is 11.1. The van der Waals surface area contributed by atoms with Crippen molar-refractivity contribution in [3.8, 4) is 5.75 Å². The molecule has 1 fully saturated rings. The molecule has 3 heterocycles. The maximum Gasteiger partial charge on any atom is 0.229 e. The highest BCUT2D eigenvalue weighted by Gasteiger charge is 2.23. The lowest BCUT2D eigenvalue weighted by atomic mass is 10.0. The van der Waals surface area contributed by atoms with Crippen LogP contribution in [0.3, 0.4) is 0 Å². The zero-order valence-electron chi connectivity index (χ0n) is 24.1. The number of nitrogens with zero attached hydrogens (tertiary/aromatic N) is 3. The maximum absolute atomic E-state index is 12.8. The first-order valence-corrected chi connectivity index (χ1v) is 17.3. The van der Waals surface area contributed by atoms with Crippen LogP contribution in [-0.4, -0.2) is 67.0 Å². The van der Waals surface area contributed by atoms with Gasteiger partial charge in [-0.2, -0.15) is 4.98 Å². The molecular formula is C31H40ClN6O2P. The van der Waals surface area contributed by atoms with Crippen LogP contribution in [0.15, 0.2) is 54.7 Å². The summed E-state index contributed by atoms with van der Waals surface area (Å²) in [5.74, 6) is 2.07. The van der Waals surface area contributed by atoms with Crippen LogP contribution in [0, 0.1) is 5.92 Å². The molecule has 5 rings (SSSR count). The Balaban J connectivity index is 1.31. The lowest BCUT2D eigenvalue weighted by molar-refractivity contribution is 0.125. The number of anilines is 4. The molecule has 218 valence electrons. The van der Waals surface area contributed by atoms with Gasteiger partial charge in [0.2, 0.25) is 5.95 Å². The average molecular weight is 595 g/mol. The number of nitrogens with one attached hydrogen (secondary N) is 3. The molecule has 2 aliphatic rings. The molecule has 1 aromatic heterocycles. The highest BCUT2D eigenvalue weighted by atomic mass is 35.5. The largest absolute Gasteiger partial charge is 0.493 e. The zero-order chi connectivity index (χ0) is 28.8. The fourth-order valence-corrected chi connectivity index (χ4v) is 6.72. The summed E-state index contributed by atoms with van der Waals surface area (Å²) in [6.07, 6.45) is 9.40. The van der Waals surface area contributed by atoms with Crippen molar-refractivity contribution in [2.24, 2.45) is 5.92 Å². The number of hydrogen-bond donors (Lipinski definition) is 3. The number of piperidine rings is 1. The summed E-state index contributed by atoms with van der Waals surface area (Å²) in [6.45, 7) is 10.7. The van der Waals surface area contributed by atoms with E-state index in [1.54, 1.807) is 19.5 Å². The molecule has 3 N–H and O–H groups in total. The summed E-state index contributed by atoms with van der Waals surface area (Å²) in [4.78, 5) is 11.7. The predicted octanol–water partition coefficient (Wildman–Crippen LogP) is 6.35. The van der Waals surface area contributed by atoms with Crippen molar-refractivity contribution in [3.05, 3.63) is 65.3 Å². The molecule has 0 saturated carbocycles. The number of para-hydroxylation sites is 1. The third-order valence-corrected chi connectivity index (χ3v) is 9.35. The Morgan fingerprint density at radius 3 is 2.73 bits per heavy atom. The van der Waals surface area contributed by atoms with E-state index in [0.29, 0.717) is 41.0 Å². The summed E-state index contributed by atoms with van der Waals surface area (Å²) in [7, 11) is -2.51. The second-order valence-electron chi connectivity index (χ2n) is 11.3. The van der Waals surface area contributed by atoms with Gasteiger partial charge in [0, 0.05) is 47.7 Å². The van der Waals surface area contributed by atoms with E-state index in [4.69, 9.17) is 16.3 Å². The molecule has 2 aliphatic heterocycles. The quantitative estimate of drug-likeness (QED) is 0.284. The Morgan fingerprint density at radius 2 is 1.93 bits per heavy atom. The van der Waals surface area contributed by atoms with E-state index in [2.05, 4.69) is 56.0 Å². The third-order valence-electron chi connectivity index (χ3n) is 7.53. The smallest absolute Gasteiger partial charge is 0.229 e. The van der Waals surface area contributed by atoms with Gasteiger partial charge in [-0.1, -0.05) is 42.8 Å². The molecule has 0 bridgehead atoms. The van der Waals surface area contributed by atoms with Crippen LogP contribution in [0.4, 0.5) is 23.1 Å². The lowest BCUT2D eigenvalue weighted by Gasteiger charge is -2.36. The van der Waals surface area contributed by atoms with Crippen LogP contribution >= 0.6 is 18.7 Å². The minimum absolute atomic E-state index is 0.370. The normalized spacial score (nSPS) is 19.9. The lowest BCUT2D eigenvalue weighted by Crippen LogP contribution is -2.45.